The van der Waals surface area contributed by atoms with Crippen LogP contribution in [0, 0.1) is 0 Å². The Hall–Kier alpha value is -3.95. The summed E-state index contributed by atoms with van der Waals surface area (Å²) in [6.45, 7) is 18.7. The second-order valence-electron chi connectivity index (χ2n) is 16.5. The van der Waals surface area contributed by atoms with Gasteiger partial charge in [0.2, 0.25) is 10.0 Å². The summed E-state index contributed by atoms with van der Waals surface area (Å²) in [6, 6.07) is 8.42. The van der Waals surface area contributed by atoms with Crippen molar-refractivity contribution in [2.24, 2.45) is 5.14 Å². The number of hydrogen-bond donors (Lipinski definition) is 5. The predicted octanol–water partition coefficient (Wildman–Crippen LogP) is 7.83. The average molecular weight is 975 g/mol. The van der Waals surface area contributed by atoms with Gasteiger partial charge in [-0.25, -0.2) is 26.3 Å². The molecular formula is C43H64ClN5O10S4. The van der Waals surface area contributed by atoms with E-state index in [9.17, 15) is 46.9 Å². The molecule has 2 aromatic carbocycles. The number of phenolic OH excluding ortho intramolecular Hbond substituents is 2. The molecule has 1 aliphatic heterocycles. The van der Waals surface area contributed by atoms with Gasteiger partial charge >= 0.3 is 0 Å². The Morgan fingerprint density at radius 3 is 1.59 bits per heavy atom. The van der Waals surface area contributed by atoms with E-state index in [1.807, 2.05) is 77.8 Å². The number of nitrogens with zero attached hydrogens (tertiary/aromatic N) is 4. The number of benzene rings is 2. The van der Waals surface area contributed by atoms with Crippen molar-refractivity contribution in [2.45, 2.75) is 88.2 Å². The van der Waals surface area contributed by atoms with Crippen LogP contribution in [-0.2, 0) is 20.0 Å². The molecule has 1 aliphatic rings. The predicted molar refractivity (Wildman–Crippen MR) is 253 cm³/mol. The summed E-state index contributed by atoms with van der Waals surface area (Å²) in [5, 5.41) is 48.0. The summed E-state index contributed by atoms with van der Waals surface area (Å²) in [5.74, 6) is 0.173. The number of phenols is 2. The molecule has 0 atom stereocenters. The van der Waals surface area contributed by atoms with Crippen molar-refractivity contribution in [3.63, 3.8) is 0 Å². The molecule has 0 saturated carbocycles. The van der Waals surface area contributed by atoms with E-state index >= 15 is 0 Å². The third-order valence-electron chi connectivity index (χ3n) is 9.84. The van der Waals surface area contributed by atoms with Gasteiger partial charge in [0.05, 0.1) is 10.6 Å². The molecule has 3 heterocycles. The van der Waals surface area contributed by atoms with Gasteiger partial charge in [0.25, 0.3) is 21.8 Å². The lowest BCUT2D eigenvalue weighted by molar-refractivity contribution is 0.0660. The lowest BCUT2D eigenvalue weighted by Crippen LogP contribution is -2.47. The number of para-hydroxylation sites is 1. The van der Waals surface area contributed by atoms with Gasteiger partial charge in [0.1, 0.15) is 32.8 Å². The normalized spacial score (nSPS) is 13.4. The molecule has 352 valence electrons. The van der Waals surface area contributed by atoms with Crippen LogP contribution in [0.2, 0.25) is 5.02 Å². The van der Waals surface area contributed by atoms with Crippen LogP contribution in [0.25, 0.3) is 0 Å². The number of carbonyl (C=O) groups excluding carboxylic acids is 2. The molecule has 0 spiro atoms. The lowest BCUT2D eigenvalue weighted by atomic mass is 9.98. The van der Waals surface area contributed by atoms with E-state index in [0.29, 0.717) is 21.6 Å². The van der Waals surface area contributed by atoms with E-state index in [-0.39, 0.29) is 67.7 Å². The van der Waals surface area contributed by atoms with Crippen LogP contribution in [0.3, 0.4) is 0 Å². The molecule has 15 nitrogen and oxygen atoms in total. The number of primary sulfonamides is 1. The van der Waals surface area contributed by atoms with Crippen molar-refractivity contribution in [3.8, 4) is 23.0 Å². The highest BCUT2D eigenvalue weighted by molar-refractivity contribution is 7.91. The highest BCUT2D eigenvalue weighted by atomic mass is 35.5. The number of piperazine rings is 1. The van der Waals surface area contributed by atoms with E-state index in [0.717, 1.165) is 52.9 Å². The Morgan fingerprint density at radius 2 is 1.16 bits per heavy atom. The molecular weight excluding hydrogens is 910 g/mol. The van der Waals surface area contributed by atoms with Crippen LogP contribution in [0.4, 0.5) is 0 Å². The second kappa shape index (κ2) is 23.3. The highest BCUT2D eigenvalue weighted by Gasteiger charge is 2.27. The third-order valence-corrected chi connectivity index (χ3v) is 15.6. The number of hydrogen-bond acceptors (Lipinski definition) is 13. The number of aromatic hydroxyl groups is 4. The van der Waals surface area contributed by atoms with E-state index in [4.69, 9.17) is 16.7 Å². The Balaban J connectivity index is 0.000000291. The molecule has 2 amide bonds. The Kier molecular flexibility index (Phi) is 20.4. The van der Waals surface area contributed by atoms with E-state index < -0.39 is 24.9 Å². The average Bonchev–Trinajstić information content (AvgIpc) is 3.77. The van der Waals surface area contributed by atoms with Crippen molar-refractivity contribution in [2.75, 3.05) is 61.4 Å². The van der Waals surface area contributed by atoms with Crippen LogP contribution in [0.5, 0.6) is 23.0 Å². The summed E-state index contributed by atoms with van der Waals surface area (Å²) in [5.41, 5.74) is 3.29. The quantitative estimate of drug-likeness (QED) is 0.109. The molecule has 0 bridgehead atoms. The first-order valence-corrected chi connectivity index (χ1v) is 25.2. The number of likely N-dealkylation sites (N-methyl/N-ethyl adjacent to an activating group) is 1. The number of halogens is 1. The summed E-state index contributed by atoms with van der Waals surface area (Å²) >= 11 is 8.03. The van der Waals surface area contributed by atoms with Gasteiger partial charge in [-0.3, -0.25) is 9.59 Å². The van der Waals surface area contributed by atoms with Crippen molar-refractivity contribution < 1.29 is 46.9 Å². The molecule has 1 fully saturated rings. The fraction of sp³-hybridized carbons (Fsp3) is 0.488. The molecule has 0 radical (unpaired) electrons. The first-order valence-electron chi connectivity index (χ1n) is 20.1. The molecule has 1 saturated heterocycles. The molecule has 0 aliphatic carbocycles. The molecule has 63 heavy (non-hydrogen) atoms. The number of sulfonamides is 2. The van der Waals surface area contributed by atoms with Gasteiger partial charge < -0.3 is 35.1 Å². The van der Waals surface area contributed by atoms with Crippen molar-refractivity contribution in [3.05, 3.63) is 78.8 Å². The summed E-state index contributed by atoms with van der Waals surface area (Å²) < 4.78 is 47.0. The van der Waals surface area contributed by atoms with Crippen LogP contribution in [0.1, 0.15) is 121 Å². The lowest BCUT2D eigenvalue weighted by Gasteiger charge is -2.32. The largest absolute Gasteiger partial charge is 0.507 e. The van der Waals surface area contributed by atoms with E-state index in [1.165, 1.54) is 36.4 Å². The van der Waals surface area contributed by atoms with Gasteiger partial charge in [-0.1, -0.05) is 85.2 Å². The Bertz CT molecular complexity index is 2400. The molecule has 5 rings (SSSR count). The Morgan fingerprint density at radius 1 is 0.683 bits per heavy atom. The van der Waals surface area contributed by atoms with E-state index in [1.54, 1.807) is 31.6 Å². The third kappa shape index (κ3) is 14.3. The van der Waals surface area contributed by atoms with Gasteiger partial charge in [-0.2, -0.15) is 0 Å². The van der Waals surface area contributed by atoms with E-state index in [2.05, 4.69) is 11.9 Å². The maximum absolute atomic E-state index is 12.4. The van der Waals surface area contributed by atoms with Crippen LogP contribution < -0.4 is 5.14 Å². The van der Waals surface area contributed by atoms with Gasteiger partial charge in [-0.15, -0.1) is 22.7 Å². The smallest absolute Gasteiger partial charge is 0.267 e. The highest BCUT2D eigenvalue weighted by Crippen LogP contribution is 2.39. The maximum atomic E-state index is 12.4. The zero-order valence-electron chi connectivity index (χ0n) is 38.3. The van der Waals surface area contributed by atoms with Gasteiger partial charge in [0, 0.05) is 65.5 Å². The summed E-state index contributed by atoms with van der Waals surface area (Å²) in [4.78, 5) is 29.5. The number of carbonyl (C=O) groups is 2. The minimum absolute atomic E-state index is 0.0113. The molecule has 4 aromatic rings. The maximum Gasteiger partial charge on any atom is 0.267 e. The van der Waals surface area contributed by atoms with Crippen molar-refractivity contribution >= 4 is 66.1 Å². The number of nitrogens with two attached hydrogens (primary N) is 1. The Labute approximate surface area is 386 Å². The van der Waals surface area contributed by atoms with Crippen LogP contribution in [-0.4, -0.2) is 129 Å². The molecule has 0 unspecified atom stereocenters. The molecule has 6 N–H and O–H groups in total. The fourth-order valence-corrected chi connectivity index (χ4v) is 10.9. The van der Waals surface area contributed by atoms with Crippen LogP contribution in [0.15, 0.2) is 50.2 Å². The number of rotatable bonds is 9. The second-order valence-corrected chi connectivity index (χ2v) is 22.5. The van der Waals surface area contributed by atoms with Crippen molar-refractivity contribution in [1.29, 1.82) is 0 Å². The SMILES string of the molecule is CC(C)c1ccc(Cl)c(S(N)(=O)=O)c1O.CC(C)c1cccc(C(=O)N2CCN(C)CC2)c1O.CC(C)c1csc(C(=O)N(C)C)c1O.CC(C)c1csc(S(=O)(=O)N(C)C)c1O. The number of amides is 2. The minimum atomic E-state index is -4.00. The van der Waals surface area contributed by atoms with Crippen LogP contribution >= 0.6 is 34.3 Å². The summed E-state index contributed by atoms with van der Waals surface area (Å²) in [6.07, 6.45) is 0. The van der Waals surface area contributed by atoms with Gasteiger partial charge in [-0.05, 0) is 64.7 Å². The topological polar surface area (TPSA) is 222 Å². The zero-order chi connectivity index (χ0) is 48.5. The minimum Gasteiger partial charge on any atom is -0.507 e. The first kappa shape index (κ1) is 55.2. The van der Waals surface area contributed by atoms with Gasteiger partial charge in [0.15, 0.2) is 4.21 Å². The number of thiophene rings is 2. The molecule has 2 aromatic heterocycles. The monoisotopic (exact) mass is 973 g/mol. The standard InChI is InChI=1S/C15H22N2O2.C10H15NO2S.C9H12ClNO3S.C9H15NO3S2/c1-11(2)12-5-4-6-13(14(12)18)15(19)17-9-7-16(3)8-10-17;1-6(2)7-5-14-9(8(7)12)10(13)11(3)4;1-5(2)6-3-4-7(10)9(8(6)12)15(11,13)14;1-6(2)7-5-14-9(8(7)11)15(12,13)10(3)4/h4-6,11,18H,7-10H2,1-3H3;5-6,12H,1-4H3;3-5,12H,1-2H3,(H2,11,13,14);5-6,11H,1-4H3. The zero-order valence-corrected chi connectivity index (χ0v) is 42.3. The van der Waals surface area contributed by atoms with Crippen molar-refractivity contribution in [1.82, 2.24) is 19.0 Å². The molecule has 20 heteroatoms. The fourth-order valence-electron chi connectivity index (χ4n) is 5.91. The summed E-state index contributed by atoms with van der Waals surface area (Å²) in [7, 11) is 0.784. The first-order chi connectivity index (χ1) is 29.0.